The first kappa shape index (κ1) is 12.5. The predicted molar refractivity (Wildman–Crippen MR) is 66.4 cm³/mol. The molecule has 6 heteroatoms. The Hall–Kier alpha value is -1.95. The van der Waals surface area contributed by atoms with E-state index in [0.29, 0.717) is 12.3 Å². The monoisotopic (exact) mass is 248 g/mol. The van der Waals surface area contributed by atoms with Crippen LogP contribution in [0.1, 0.15) is 24.0 Å². The molecule has 0 amide bonds. The van der Waals surface area contributed by atoms with E-state index in [1.54, 1.807) is 6.92 Å². The van der Waals surface area contributed by atoms with Gasteiger partial charge in [-0.2, -0.15) is 0 Å². The van der Waals surface area contributed by atoms with Crippen LogP contribution < -0.4 is 5.32 Å². The van der Waals surface area contributed by atoms with Crippen LogP contribution in [0.3, 0.4) is 0 Å². The van der Waals surface area contributed by atoms with Crippen LogP contribution in [0.2, 0.25) is 0 Å². The van der Waals surface area contributed by atoms with Gasteiger partial charge in [-0.3, -0.25) is 14.5 Å². The van der Waals surface area contributed by atoms with Gasteiger partial charge < -0.3 is 5.11 Å². The van der Waals surface area contributed by atoms with E-state index < -0.39 is 12.0 Å². The highest BCUT2D eigenvalue weighted by Gasteiger charge is 2.11. The van der Waals surface area contributed by atoms with E-state index in [0.717, 1.165) is 17.1 Å². The topological polar surface area (TPSA) is 79.5 Å². The number of aromatic nitrogens is 3. The minimum atomic E-state index is -0.871. The molecule has 2 aromatic rings. The van der Waals surface area contributed by atoms with E-state index in [-0.39, 0.29) is 0 Å². The summed E-state index contributed by atoms with van der Waals surface area (Å²) in [5.41, 5.74) is 2.76. The fraction of sp³-hybridized carbons (Fsp3) is 0.417. The first-order valence-electron chi connectivity index (χ1n) is 5.76. The zero-order valence-electron chi connectivity index (χ0n) is 10.6. The molecule has 0 aliphatic heterocycles. The third-order valence-electron chi connectivity index (χ3n) is 2.77. The number of fused-ring (bicyclic) bond motifs is 1. The molecule has 0 aliphatic rings. The Morgan fingerprint density at radius 2 is 2.22 bits per heavy atom. The second kappa shape index (κ2) is 4.73. The molecule has 96 valence electrons. The summed E-state index contributed by atoms with van der Waals surface area (Å²) in [5, 5.41) is 11.7. The Kier molecular flexibility index (Phi) is 3.29. The Morgan fingerprint density at radius 3 is 2.89 bits per heavy atom. The van der Waals surface area contributed by atoms with Gasteiger partial charge in [-0.1, -0.05) is 0 Å². The third-order valence-corrected chi connectivity index (χ3v) is 2.77. The molecule has 0 aromatic carbocycles. The number of rotatable bonds is 4. The average Bonchev–Trinajstić information content (AvgIpc) is 2.68. The average molecular weight is 248 g/mol. The summed E-state index contributed by atoms with van der Waals surface area (Å²) in [6.07, 6.45) is 1.87. The molecule has 6 nitrogen and oxygen atoms in total. The molecule has 0 saturated heterocycles. The zero-order chi connectivity index (χ0) is 13.3. The van der Waals surface area contributed by atoms with Crippen LogP contribution in [0, 0.1) is 13.8 Å². The van der Waals surface area contributed by atoms with Crippen LogP contribution in [-0.2, 0) is 11.3 Å². The maximum atomic E-state index is 10.7. The first-order valence-corrected chi connectivity index (χ1v) is 5.76. The van der Waals surface area contributed by atoms with Gasteiger partial charge in [0, 0.05) is 24.1 Å². The fourth-order valence-corrected chi connectivity index (χ4v) is 1.75. The molecule has 0 aliphatic carbocycles. The molecule has 2 rings (SSSR count). The molecule has 1 atom stereocenters. The Bertz CT molecular complexity index is 591. The van der Waals surface area contributed by atoms with E-state index in [9.17, 15) is 4.79 Å². The SMILES string of the molecule is Cc1cc(C)n2cc(CN[C@@H](C)C(=O)O)nc2n1. The van der Waals surface area contributed by atoms with Crippen LogP contribution in [0.5, 0.6) is 0 Å². The maximum Gasteiger partial charge on any atom is 0.320 e. The molecule has 0 radical (unpaired) electrons. The van der Waals surface area contributed by atoms with Crippen molar-refractivity contribution in [1.29, 1.82) is 0 Å². The molecule has 2 aromatic heterocycles. The number of carbonyl (C=O) groups is 1. The molecule has 18 heavy (non-hydrogen) atoms. The number of hydrogen-bond donors (Lipinski definition) is 2. The van der Waals surface area contributed by atoms with Crippen molar-refractivity contribution in [1.82, 2.24) is 19.7 Å². The number of aryl methyl sites for hydroxylation is 2. The number of aliphatic carboxylic acids is 1. The highest BCUT2D eigenvalue weighted by molar-refractivity contribution is 5.72. The number of carboxylic acids is 1. The van der Waals surface area contributed by atoms with Gasteiger partial charge in [-0.05, 0) is 26.8 Å². The van der Waals surface area contributed by atoms with Crippen LogP contribution in [-0.4, -0.2) is 31.5 Å². The minimum absolute atomic E-state index is 0.412. The quantitative estimate of drug-likeness (QED) is 0.840. The van der Waals surface area contributed by atoms with Crippen molar-refractivity contribution < 1.29 is 9.90 Å². The molecular weight excluding hydrogens is 232 g/mol. The van der Waals surface area contributed by atoms with Gasteiger partial charge in [0.1, 0.15) is 6.04 Å². The van der Waals surface area contributed by atoms with E-state index in [4.69, 9.17) is 5.11 Å². The maximum absolute atomic E-state index is 10.7. The van der Waals surface area contributed by atoms with E-state index in [1.807, 2.05) is 30.5 Å². The number of hydrogen-bond acceptors (Lipinski definition) is 4. The van der Waals surface area contributed by atoms with E-state index >= 15 is 0 Å². The second-order valence-corrected chi connectivity index (χ2v) is 4.38. The van der Waals surface area contributed by atoms with E-state index in [1.165, 1.54) is 0 Å². The molecule has 2 N–H and O–H groups in total. The van der Waals surface area contributed by atoms with Gasteiger partial charge in [0.15, 0.2) is 0 Å². The fourth-order valence-electron chi connectivity index (χ4n) is 1.75. The van der Waals surface area contributed by atoms with Crippen molar-refractivity contribution in [3.8, 4) is 0 Å². The highest BCUT2D eigenvalue weighted by atomic mass is 16.4. The van der Waals surface area contributed by atoms with Crippen molar-refractivity contribution in [2.45, 2.75) is 33.4 Å². The first-order chi connectivity index (χ1) is 8.47. The smallest absolute Gasteiger partial charge is 0.320 e. The van der Waals surface area contributed by atoms with Crippen molar-refractivity contribution in [2.75, 3.05) is 0 Å². The molecule has 0 bridgehead atoms. The zero-order valence-corrected chi connectivity index (χ0v) is 10.6. The van der Waals surface area contributed by atoms with Crippen LogP contribution in [0.4, 0.5) is 0 Å². The molecule has 0 unspecified atom stereocenters. The predicted octanol–water partition coefficient (Wildman–Crippen LogP) is 0.909. The summed E-state index contributed by atoms with van der Waals surface area (Å²) in [7, 11) is 0. The van der Waals surface area contributed by atoms with Crippen molar-refractivity contribution >= 4 is 11.7 Å². The molecule has 2 heterocycles. The Balaban J connectivity index is 2.20. The molecular formula is C12H16N4O2. The normalized spacial score (nSPS) is 12.8. The van der Waals surface area contributed by atoms with Crippen molar-refractivity contribution in [2.24, 2.45) is 0 Å². The highest BCUT2D eigenvalue weighted by Crippen LogP contribution is 2.08. The van der Waals surface area contributed by atoms with Crippen LogP contribution in [0.25, 0.3) is 5.78 Å². The van der Waals surface area contributed by atoms with Gasteiger partial charge in [0.25, 0.3) is 0 Å². The standard InChI is InChI=1S/C12H16N4O2/c1-7-4-8(2)16-6-10(15-12(16)14-7)5-13-9(3)11(17)18/h4,6,9,13H,5H2,1-3H3,(H,17,18)/t9-/m0/s1. The summed E-state index contributed by atoms with van der Waals surface area (Å²) in [6.45, 7) is 5.92. The molecule has 0 fully saturated rings. The summed E-state index contributed by atoms with van der Waals surface area (Å²) in [6, 6.07) is 1.39. The molecule has 0 spiro atoms. The summed E-state index contributed by atoms with van der Waals surface area (Å²) < 4.78 is 1.90. The third kappa shape index (κ3) is 2.48. The van der Waals surface area contributed by atoms with Crippen molar-refractivity contribution in [3.63, 3.8) is 0 Å². The number of nitrogens with one attached hydrogen (secondary N) is 1. The van der Waals surface area contributed by atoms with Crippen molar-refractivity contribution in [3.05, 3.63) is 29.3 Å². The van der Waals surface area contributed by atoms with Gasteiger partial charge in [0.2, 0.25) is 5.78 Å². The van der Waals surface area contributed by atoms with Gasteiger partial charge in [0.05, 0.1) is 5.69 Å². The summed E-state index contributed by atoms with van der Waals surface area (Å²) >= 11 is 0. The number of nitrogens with zero attached hydrogens (tertiary/aromatic N) is 3. The Morgan fingerprint density at radius 1 is 1.50 bits per heavy atom. The number of carboxylic acid groups (broad SMARTS) is 1. The van der Waals surface area contributed by atoms with Crippen LogP contribution in [0.15, 0.2) is 12.3 Å². The van der Waals surface area contributed by atoms with Gasteiger partial charge in [-0.25, -0.2) is 9.97 Å². The lowest BCUT2D eigenvalue weighted by Crippen LogP contribution is -2.33. The molecule has 0 saturated carbocycles. The lowest BCUT2D eigenvalue weighted by molar-refractivity contribution is -0.139. The largest absolute Gasteiger partial charge is 0.480 e. The number of imidazole rings is 1. The van der Waals surface area contributed by atoms with Crippen LogP contribution >= 0.6 is 0 Å². The lowest BCUT2D eigenvalue weighted by atomic mass is 10.3. The second-order valence-electron chi connectivity index (χ2n) is 4.38. The summed E-state index contributed by atoms with van der Waals surface area (Å²) in [4.78, 5) is 19.4. The van der Waals surface area contributed by atoms with E-state index in [2.05, 4.69) is 15.3 Å². The minimum Gasteiger partial charge on any atom is -0.480 e. The van der Waals surface area contributed by atoms with Gasteiger partial charge in [-0.15, -0.1) is 0 Å². The summed E-state index contributed by atoms with van der Waals surface area (Å²) in [5.74, 6) is -0.226. The Labute approximate surface area is 105 Å². The lowest BCUT2D eigenvalue weighted by Gasteiger charge is -2.06. The van der Waals surface area contributed by atoms with Gasteiger partial charge >= 0.3 is 5.97 Å².